The summed E-state index contributed by atoms with van der Waals surface area (Å²) < 4.78 is 7.64. The lowest BCUT2D eigenvalue weighted by Gasteiger charge is -2.33. The van der Waals surface area contributed by atoms with Gasteiger partial charge in [-0.15, -0.1) is 0 Å². The number of aliphatic hydroxyl groups is 1. The maximum atomic E-state index is 10.8. The highest BCUT2D eigenvalue weighted by Crippen LogP contribution is 2.36. The summed E-state index contributed by atoms with van der Waals surface area (Å²) in [6.45, 7) is 5.27. The van der Waals surface area contributed by atoms with Crippen LogP contribution < -0.4 is 0 Å². The minimum absolute atomic E-state index is 0.181. The SMILES string of the molecule is CCOC(C1CCCCC1)C(O)c1c(Cl)cnn1CC. The summed E-state index contributed by atoms with van der Waals surface area (Å²) >= 11 is 6.20. The van der Waals surface area contributed by atoms with Crippen molar-refractivity contribution >= 4 is 11.6 Å². The third-order valence-corrected chi connectivity index (χ3v) is 4.49. The first-order valence-electron chi connectivity index (χ1n) is 7.69. The molecule has 4 nitrogen and oxygen atoms in total. The fourth-order valence-corrected chi connectivity index (χ4v) is 3.47. The van der Waals surface area contributed by atoms with Crippen molar-refractivity contribution in [1.29, 1.82) is 0 Å². The van der Waals surface area contributed by atoms with Crippen molar-refractivity contribution in [3.05, 3.63) is 16.9 Å². The molecule has 0 bridgehead atoms. The van der Waals surface area contributed by atoms with E-state index in [4.69, 9.17) is 16.3 Å². The second-order valence-electron chi connectivity index (χ2n) is 5.46. The van der Waals surface area contributed by atoms with E-state index in [0.717, 1.165) is 12.8 Å². The summed E-state index contributed by atoms with van der Waals surface area (Å²) in [5, 5.41) is 15.5. The lowest BCUT2D eigenvalue weighted by atomic mass is 9.82. The van der Waals surface area contributed by atoms with Gasteiger partial charge in [-0.2, -0.15) is 5.10 Å². The summed E-state index contributed by atoms with van der Waals surface area (Å²) in [6.07, 6.45) is 6.71. The van der Waals surface area contributed by atoms with E-state index in [2.05, 4.69) is 5.10 Å². The number of ether oxygens (including phenoxy) is 1. The van der Waals surface area contributed by atoms with E-state index in [1.807, 2.05) is 13.8 Å². The van der Waals surface area contributed by atoms with Crippen LogP contribution in [0.3, 0.4) is 0 Å². The first-order chi connectivity index (χ1) is 9.69. The van der Waals surface area contributed by atoms with Crippen molar-refractivity contribution in [3.8, 4) is 0 Å². The normalized spacial score (nSPS) is 20.0. The average molecular weight is 301 g/mol. The lowest BCUT2D eigenvalue weighted by Crippen LogP contribution is -2.33. The number of halogens is 1. The van der Waals surface area contributed by atoms with E-state index >= 15 is 0 Å². The first-order valence-corrected chi connectivity index (χ1v) is 8.07. The monoisotopic (exact) mass is 300 g/mol. The molecule has 2 rings (SSSR count). The second-order valence-corrected chi connectivity index (χ2v) is 5.86. The number of aromatic nitrogens is 2. The molecule has 5 heteroatoms. The van der Waals surface area contributed by atoms with E-state index < -0.39 is 6.10 Å². The molecular formula is C15H25ClN2O2. The molecule has 1 aliphatic carbocycles. The molecule has 1 saturated carbocycles. The van der Waals surface area contributed by atoms with Crippen molar-refractivity contribution in [2.75, 3.05) is 6.61 Å². The van der Waals surface area contributed by atoms with Crippen LogP contribution in [-0.2, 0) is 11.3 Å². The van der Waals surface area contributed by atoms with E-state index in [9.17, 15) is 5.11 Å². The Morgan fingerprint density at radius 3 is 2.70 bits per heavy atom. The summed E-state index contributed by atoms with van der Waals surface area (Å²) in [5.74, 6) is 0.412. The third-order valence-electron chi connectivity index (χ3n) is 4.20. The van der Waals surface area contributed by atoms with Gasteiger partial charge in [-0.25, -0.2) is 0 Å². The maximum Gasteiger partial charge on any atom is 0.123 e. The molecule has 1 aromatic rings. The molecule has 0 radical (unpaired) electrons. The molecule has 1 aliphatic rings. The third kappa shape index (κ3) is 3.35. The predicted molar refractivity (Wildman–Crippen MR) is 79.9 cm³/mol. The Labute approximate surface area is 126 Å². The van der Waals surface area contributed by atoms with Gasteiger partial charge >= 0.3 is 0 Å². The van der Waals surface area contributed by atoms with Gasteiger partial charge in [0.2, 0.25) is 0 Å². The number of nitrogens with zero attached hydrogens (tertiary/aromatic N) is 2. The number of aryl methyl sites for hydroxylation is 1. The van der Waals surface area contributed by atoms with Crippen LogP contribution in [0.4, 0.5) is 0 Å². The van der Waals surface area contributed by atoms with Gasteiger partial charge in [0.1, 0.15) is 6.10 Å². The molecule has 2 unspecified atom stereocenters. The van der Waals surface area contributed by atoms with E-state index in [1.165, 1.54) is 19.3 Å². The van der Waals surface area contributed by atoms with Crippen LogP contribution in [-0.4, -0.2) is 27.6 Å². The number of aliphatic hydroxyl groups excluding tert-OH is 1. The van der Waals surface area contributed by atoms with Gasteiger partial charge in [0.15, 0.2) is 0 Å². The molecule has 1 heterocycles. The van der Waals surface area contributed by atoms with Crippen LogP contribution in [0.25, 0.3) is 0 Å². The van der Waals surface area contributed by atoms with Crippen molar-refractivity contribution in [1.82, 2.24) is 9.78 Å². The molecular weight excluding hydrogens is 276 g/mol. The topological polar surface area (TPSA) is 47.3 Å². The highest BCUT2D eigenvalue weighted by molar-refractivity contribution is 6.31. The van der Waals surface area contributed by atoms with Crippen LogP contribution in [0.2, 0.25) is 5.02 Å². The molecule has 0 aromatic carbocycles. The van der Waals surface area contributed by atoms with Crippen LogP contribution in [0.15, 0.2) is 6.20 Å². The summed E-state index contributed by atoms with van der Waals surface area (Å²) in [5.41, 5.74) is 0.693. The van der Waals surface area contributed by atoms with Crippen molar-refractivity contribution in [2.24, 2.45) is 5.92 Å². The van der Waals surface area contributed by atoms with E-state index in [-0.39, 0.29) is 6.10 Å². The molecule has 0 amide bonds. The molecule has 2 atom stereocenters. The van der Waals surface area contributed by atoms with Crippen LogP contribution in [0, 0.1) is 5.92 Å². The molecule has 1 aromatic heterocycles. The number of hydrogen-bond acceptors (Lipinski definition) is 3. The van der Waals surface area contributed by atoms with Gasteiger partial charge in [0.25, 0.3) is 0 Å². The molecule has 20 heavy (non-hydrogen) atoms. The Balaban J connectivity index is 2.20. The van der Waals surface area contributed by atoms with Gasteiger partial charge in [-0.1, -0.05) is 30.9 Å². The average Bonchev–Trinajstić information content (AvgIpc) is 2.86. The summed E-state index contributed by atoms with van der Waals surface area (Å²) in [6, 6.07) is 0. The fourth-order valence-electron chi connectivity index (χ4n) is 3.21. The standard InChI is InChI=1S/C15H25ClN2O2/c1-3-18-13(12(16)10-17-18)14(19)15(20-4-2)11-8-6-5-7-9-11/h10-11,14-15,19H,3-9H2,1-2H3. The van der Waals surface area contributed by atoms with Gasteiger partial charge in [0, 0.05) is 13.2 Å². The molecule has 0 saturated heterocycles. The Kier molecular flexibility index (Phi) is 5.87. The smallest absolute Gasteiger partial charge is 0.123 e. The Hall–Kier alpha value is -0.580. The quantitative estimate of drug-likeness (QED) is 0.873. The van der Waals surface area contributed by atoms with Crippen molar-refractivity contribution < 1.29 is 9.84 Å². The molecule has 0 aliphatic heterocycles. The molecule has 114 valence electrons. The van der Waals surface area contributed by atoms with E-state index in [0.29, 0.717) is 29.8 Å². The number of rotatable bonds is 6. The largest absolute Gasteiger partial charge is 0.384 e. The summed E-state index contributed by atoms with van der Waals surface area (Å²) in [7, 11) is 0. The zero-order valence-corrected chi connectivity index (χ0v) is 13.1. The van der Waals surface area contributed by atoms with Gasteiger partial charge in [0.05, 0.1) is 23.0 Å². The van der Waals surface area contributed by atoms with Gasteiger partial charge in [-0.3, -0.25) is 4.68 Å². The molecule has 1 N–H and O–H groups in total. The van der Waals surface area contributed by atoms with E-state index in [1.54, 1.807) is 10.9 Å². The maximum absolute atomic E-state index is 10.8. The molecule has 1 fully saturated rings. The van der Waals surface area contributed by atoms with Crippen LogP contribution >= 0.6 is 11.6 Å². The first kappa shape index (κ1) is 15.8. The highest BCUT2D eigenvalue weighted by atomic mass is 35.5. The summed E-state index contributed by atoms with van der Waals surface area (Å²) in [4.78, 5) is 0. The second kappa shape index (κ2) is 7.43. The molecule has 0 spiro atoms. The number of hydrogen-bond donors (Lipinski definition) is 1. The Morgan fingerprint density at radius 1 is 1.40 bits per heavy atom. The van der Waals surface area contributed by atoms with Crippen molar-refractivity contribution in [3.63, 3.8) is 0 Å². The van der Waals surface area contributed by atoms with Gasteiger partial charge in [-0.05, 0) is 32.6 Å². The highest BCUT2D eigenvalue weighted by Gasteiger charge is 2.34. The minimum atomic E-state index is -0.701. The Morgan fingerprint density at radius 2 is 2.10 bits per heavy atom. The zero-order chi connectivity index (χ0) is 14.5. The van der Waals surface area contributed by atoms with Crippen LogP contribution in [0.1, 0.15) is 57.7 Å². The zero-order valence-electron chi connectivity index (χ0n) is 12.4. The lowest BCUT2D eigenvalue weighted by molar-refractivity contribution is -0.0767. The van der Waals surface area contributed by atoms with Crippen LogP contribution in [0.5, 0.6) is 0 Å². The van der Waals surface area contributed by atoms with Crippen molar-refractivity contribution in [2.45, 2.75) is 64.7 Å². The fraction of sp³-hybridized carbons (Fsp3) is 0.800. The van der Waals surface area contributed by atoms with Gasteiger partial charge < -0.3 is 9.84 Å². The predicted octanol–water partition coefficient (Wildman–Crippen LogP) is 3.58. The Bertz CT molecular complexity index is 416. The minimum Gasteiger partial charge on any atom is -0.384 e.